The van der Waals surface area contributed by atoms with Gasteiger partial charge in [-0.3, -0.25) is 9.59 Å². The predicted octanol–water partition coefficient (Wildman–Crippen LogP) is 5.75. The van der Waals surface area contributed by atoms with Gasteiger partial charge in [-0.1, -0.05) is 60.7 Å². The Morgan fingerprint density at radius 1 is 0.583 bits per heavy atom. The molecule has 4 aromatic carbocycles. The van der Waals surface area contributed by atoms with Crippen molar-refractivity contribution in [3.05, 3.63) is 118 Å². The van der Waals surface area contributed by atoms with E-state index in [1.807, 2.05) is 36.4 Å². The maximum atomic E-state index is 12.7. The van der Waals surface area contributed by atoms with Crippen molar-refractivity contribution in [2.45, 2.75) is 0 Å². The number of rotatable bonds is 8. The molecule has 0 atom stereocenters. The molecule has 0 heterocycles. The predicted molar refractivity (Wildman–Crippen MR) is 138 cm³/mol. The summed E-state index contributed by atoms with van der Waals surface area (Å²) in [6.45, 7) is 0. The third kappa shape index (κ3) is 5.28. The Labute approximate surface area is 208 Å². The molecule has 4 rings (SSSR count). The van der Waals surface area contributed by atoms with Crippen molar-refractivity contribution in [3.8, 4) is 23.0 Å². The van der Waals surface area contributed by atoms with E-state index in [0.29, 0.717) is 22.6 Å². The highest BCUT2D eigenvalue weighted by Crippen LogP contribution is 2.27. The molecule has 0 fully saturated rings. The normalized spacial score (nSPS) is 10.8. The Hall–Kier alpha value is -4.84. The van der Waals surface area contributed by atoms with Crippen LogP contribution in [-0.4, -0.2) is 36.0 Å². The minimum absolute atomic E-state index is 0.132. The van der Waals surface area contributed by atoms with Crippen LogP contribution in [0.2, 0.25) is 0 Å². The van der Waals surface area contributed by atoms with Gasteiger partial charge in [0.15, 0.2) is 11.6 Å². The fraction of sp³-hybridized carbons (Fsp3) is 0.0667. The second-order valence-electron chi connectivity index (χ2n) is 8.00. The SMILES string of the molecule is COc1ccc(C(=O)c2ccc(/C=C/c3ccc(C(=O)c4ccc(OC)cc4O)cc3)cc2)c(O)c1. The van der Waals surface area contributed by atoms with Crippen LogP contribution in [0.1, 0.15) is 43.0 Å². The highest BCUT2D eigenvalue weighted by atomic mass is 16.5. The molecule has 0 aliphatic rings. The Kier molecular flexibility index (Phi) is 7.16. The molecule has 36 heavy (non-hydrogen) atoms. The first-order valence-corrected chi connectivity index (χ1v) is 11.1. The molecule has 4 aromatic rings. The van der Waals surface area contributed by atoms with Gasteiger partial charge >= 0.3 is 0 Å². The molecule has 0 bridgehead atoms. The molecule has 0 aliphatic heterocycles. The summed E-state index contributed by atoms with van der Waals surface area (Å²) in [5.74, 6) is 0.115. The lowest BCUT2D eigenvalue weighted by Crippen LogP contribution is -2.02. The van der Waals surface area contributed by atoms with Gasteiger partial charge in [0.1, 0.15) is 23.0 Å². The number of methoxy groups -OCH3 is 2. The summed E-state index contributed by atoms with van der Waals surface area (Å²) in [6, 6.07) is 23.2. The van der Waals surface area contributed by atoms with Crippen molar-refractivity contribution >= 4 is 23.7 Å². The third-order valence-corrected chi connectivity index (χ3v) is 5.71. The number of ether oxygens (including phenoxy) is 2. The quantitative estimate of drug-likeness (QED) is 0.247. The number of aromatic hydroxyl groups is 2. The van der Waals surface area contributed by atoms with Gasteiger partial charge in [-0.2, -0.15) is 0 Å². The van der Waals surface area contributed by atoms with Gasteiger partial charge in [0.2, 0.25) is 0 Å². The second kappa shape index (κ2) is 10.6. The Bertz CT molecular complexity index is 1320. The van der Waals surface area contributed by atoms with E-state index in [1.54, 1.807) is 36.4 Å². The number of benzene rings is 4. The zero-order valence-electron chi connectivity index (χ0n) is 19.8. The topological polar surface area (TPSA) is 93.1 Å². The summed E-state index contributed by atoms with van der Waals surface area (Å²) in [5, 5.41) is 20.2. The molecule has 0 saturated carbocycles. The Balaban J connectivity index is 1.44. The number of phenolic OH excluding ortho intramolecular Hbond substituents is 2. The van der Waals surface area contributed by atoms with Crippen LogP contribution in [-0.2, 0) is 0 Å². The molecule has 0 spiro atoms. The van der Waals surface area contributed by atoms with Crippen molar-refractivity contribution < 1.29 is 29.3 Å². The van der Waals surface area contributed by atoms with Crippen LogP contribution in [0.25, 0.3) is 12.2 Å². The Morgan fingerprint density at radius 2 is 0.944 bits per heavy atom. The van der Waals surface area contributed by atoms with E-state index < -0.39 is 0 Å². The molecular weight excluding hydrogens is 456 g/mol. The number of hydrogen-bond donors (Lipinski definition) is 2. The van der Waals surface area contributed by atoms with Crippen molar-refractivity contribution in [2.75, 3.05) is 14.2 Å². The van der Waals surface area contributed by atoms with E-state index in [4.69, 9.17) is 9.47 Å². The lowest BCUT2D eigenvalue weighted by molar-refractivity contribution is 0.102. The monoisotopic (exact) mass is 480 g/mol. The van der Waals surface area contributed by atoms with Gasteiger partial charge in [0, 0.05) is 23.3 Å². The zero-order chi connectivity index (χ0) is 25.7. The van der Waals surface area contributed by atoms with Gasteiger partial charge in [0.25, 0.3) is 0 Å². The molecule has 0 aromatic heterocycles. The van der Waals surface area contributed by atoms with Crippen LogP contribution in [0, 0.1) is 0 Å². The van der Waals surface area contributed by atoms with Crippen LogP contribution >= 0.6 is 0 Å². The van der Waals surface area contributed by atoms with E-state index in [0.717, 1.165) is 11.1 Å². The van der Waals surface area contributed by atoms with Gasteiger partial charge in [-0.25, -0.2) is 0 Å². The second-order valence-corrected chi connectivity index (χ2v) is 8.00. The molecule has 0 radical (unpaired) electrons. The van der Waals surface area contributed by atoms with Crippen molar-refractivity contribution in [3.63, 3.8) is 0 Å². The van der Waals surface area contributed by atoms with Gasteiger partial charge in [-0.15, -0.1) is 0 Å². The first-order chi connectivity index (χ1) is 17.4. The van der Waals surface area contributed by atoms with Crippen molar-refractivity contribution in [2.24, 2.45) is 0 Å². The van der Waals surface area contributed by atoms with E-state index in [9.17, 15) is 19.8 Å². The molecule has 6 heteroatoms. The Morgan fingerprint density at radius 3 is 1.25 bits per heavy atom. The lowest BCUT2D eigenvalue weighted by atomic mass is 10.00. The summed E-state index contributed by atoms with van der Waals surface area (Å²) in [6.07, 6.45) is 3.79. The van der Waals surface area contributed by atoms with Crippen molar-refractivity contribution in [1.29, 1.82) is 0 Å². The average Bonchev–Trinajstić information content (AvgIpc) is 2.91. The summed E-state index contributed by atoms with van der Waals surface area (Å²) < 4.78 is 10.1. The van der Waals surface area contributed by atoms with E-state index in [2.05, 4.69) is 0 Å². The minimum atomic E-state index is -0.283. The first-order valence-electron chi connectivity index (χ1n) is 11.1. The lowest BCUT2D eigenvalue weighted by Gasteiger charge is -2.07. The molecule has 0 aliphatic carbocycles. The average molecular weight is 481 g/mol. The molecule has 6 nitrogen and oxygen atoms in total. The standard InChI is InChI=1S/C30H24O6/c1-35-23-13-15-25(27(31)17-23)29(33)21-9-5-19(6-10-21)3-4-20-7-11-22(12-8-20)30(34)26-16-14-24(36-2)18-28(26)32/h3-18,31-32H,1-2H3/b4-3+. The van der Waals surface area contributed by atoms with E-state index >= 15 is 0 Å². The minimum Gasteiger partial charge on any atom is -0.507 e. The smallest absolute Gasteiger partial charge is 0.196 e. The van der Waals surface area contributed by atoms with Crippen LogP contribution in [0.5, 0.6) is 23.0 Å². The molecular formula is C30H24O6. The third-order valence-electron chi connectivity index (χ3n) is 5.71. The van der Waals surface area contributed by atoms with Crippen LogP contribution in [0.3, 0.4) is 0 Å². The zero-order valence-corrected chi connectivity index (χ0v) is 19.8. The van der Waals surface area contributed by atoms with Crippen LogP contribution in [0.4, 0.5) is 0 Å². The number of ketones is 2. The molecule has 180 valence electrons. The molecule has 0 unspecified atom stereocenters. The summed E-state index contributed by atoms with van der Waals surface area (Å²) in [5.41, 5.74) is 3.09. The summed E-state index contributed by atoms with van der Waals surface area (Å²) in [7, 11) is 2.98. The van der Waals surface area contributed by atoms with E-state index in [-0.39, 0.29) is 34.2 Å². The van der Waals surface area contributed by atoms with Crippen LogP contribution < -0.4 is 9.47 Å². The maximum Gasteiger partial charge on any atom is 0.196 e. The van der Waals surface area contributed by atoms with Gasteiger partial charge < -0.3 is 19.7 Å². The molecule has 0 saturated heterocycles. The molecule has 0 amide bonds. The highest BCUT2D eigenvalue weighted by molar-refractivity contribution is 6.11. The number of carbonyl (C=O) groups is 2. The summed E-state index contributed by atoms with van der Waals surface area (Å²) >= 11 is 0. The van der Waals surface area contributed by atoms with Gasteiger partial charge in [0.05, 0.1) is 25.3 Å². The number of hydrogen-bond acceptors (Lipinski definition) is 6. The number of phenols is 2. The fourth-order valence-corrected chi connectivity index (χ4v) is 3.66. The van der Waals surface area contributed by atoms with Crippen molar-refractivity contribution in [1.82, 2.24) is 0 Å². The van der Waals surface area contributed by atoms with Gasteiger partial charge in [-0.05, 0) is 35.4 Å². The molecule has 2 N–H and O–H groups in total. The summed E-state index contributed by atoms with van der Waals surface area (Å²) in [4.78, 5) is 25.5. The largest absolute Gasteiger partial charge is 0.507 e. The first kappa shape index (κ1) is 24.3. The fourth-order valence-electron chi connectivity index (χ4n) is 3.66. The maximum absolute atomic E-state index is 12.7. The number of carbonyl (C=O) groups excluding carboxylic acids is 2. The highest BCUT2D eigenvalue weighted by Gasteiger charge is 2.15. The van der Waals surface area contributed by atoms with Crippen LogP contribution in [0.15, 0.2) is 84.9 Å². The van der Waals surface area contributed by atoms with E-state index in [1.165, 1.54) is 38.5 Å².